The highest BCUT2D eigenvalue weighted by molar-refractivity contribution is 5.82. The number of allylic oxidation sites excluding steroid dienone is 3. The first-order valence-electron chi connectivity index (χ1n) is 12.4. The zero-order valence-electron chi connectivity index (χ0n) is 19.1. The van der Waals surface area contributed by atoms with Crippen LogP contribution in [0.15, 0.2) is 115 Å². The quantitative estimate of drug-likeness (QED) is 0.330. The number of rotatable bonds is 3. The molecule has 7 rings (SSSR count). The van der Waals surface area contributed by atoms with Gasteiger partial charge < -0.3 is 4.90 Å². The normalized spacial score (nSPS) is 21.2. The topological polar surface area (TPSA) is 20.5 Å². The Bertz CT molecular complexity index is 1450. The minimum absolute atomic E-state index is 0.412. The maximum Gasteiger partial charge on any atom is 0.137 e. The monoisotopic (exact) mass is 441 g/mol. The first-order chi connectivity index (χ1) is 16.9. The van der Waals surface area contributed by atoms with Crippen molar-refractivity contribution in [3.63, 3.8) is 0 Å². The van der Waals surface area contributed by atoms with Crippen molar-refractivity contribution in [2.45, 2.75) is 31.7 Å². The number of pyridine rings is 1. The van der Waals surface area contributed by atoms with Gasteiger partial charge in [-0.05, 0) is 55.5 Å². The first kappa shape index (κ1) is 19.6. The van der Waals surface area contributed by atoms with Crippen LogP contribution >= 0.6 is 0 Å². The molecule has 3 aliphatic rings. The lowest BCUT2D eigenvalue weighted by atomic mass is 9.85. The van der Waals surface area contributed by atoms with Crippen molar-refractivity contribution in [1.82, 2.24) is 9.38 Å². The molecule has 3 heterocycles. The van der Waals surface area contributed by atoms with Gasteiger partial charge in [0.05, 0.1) is 17.4 Å². The van der Waals surface area contributed by atoms with Gasteiger partial charge in [-0.2, -0.15) is 0 Å². The second kappa shape index (κ2) is 7.88. The molecule has 2 unspecified atom stereocenters. The van der Waals surface area contributed by atoms with Gasteiger partial charge in [-0.3, -0.25) is 4.40 Å². The average molecular weight is 442 g/mol. The highest BCUT2D eigenvalue weighted by Gasteiger charge is 2.39. The molecule has 0 N–H and O–H groups in total. The third-order valence-electron chi connectivity index (χ3n) is 7.57. The van der Waals surface area contributed by atoms with E-state index in [9.17, 15) is 0 Å². The number of imidazole rings is 1. The van der Waals surface area contributed by atoms with E-state index >= 15 is 0 Å². The molecular formula is C31H27N3. The van der Waals surface area contributed by atoms with Crippen LogP contribution in [0.5, 0.6) is 0 Å². The summed E-state index contributed by atoms with van der Waals surface area (Å²) in [5.41, 5.74) is 9.99. The van der Waals surface area contributed by atoms with Gasteiger partial charge in [-0.25, -0.2) is 4.98 Å². The molecule has 2 atom stereocenters. The van der Waals surface area contributed by atoms with Crippen molar-refractivity contribution >= 4 is 11.3 Å². The minimum atomic E-state index is 0.412. The van der Waals surface area contributed by atoms with Gasteiger partial charge in [0.1, 0.15) is 5.65 Å². The van der Waals surface area contributed by atoms with Crippen molar-refractivity contribution in [2.75, 3.05) is 4.90 Å². The van der Waals surface area contributed by atoms with E-state index < -0.39 is 0 Å². The minimum Gasteiger partial charge on any atom is -0.337 e. The summed E-state index contributed by atoms with van der Waals surface area (Å²) in [5.74, 6) is 0.531. The van der Waals surface area contributed by atoms with Crippen LogP contribution in [0.25, 0.3) is 28.2 Å². The van der Waals surface area contributed by atoms with Crippen LogP contribution < -0.4 is 4.90 Å². The van der Waals surface area contributed by atoms with Gasteiger partial charge in [0, 0.05) is 34.6 Å². The van der Waals surface area contributed by atoms with Crippen molar-refractivity contribution in [3.8, 4) is 22.5 Å². The molecule has 34 heavy (non-hydrogen) atoms. The zero-order chi connectivity index (χ0) is 22.5. The van der Waals surface area contributed by atoms with Crippen LogP contribution in [-0.2, 0) is 0 Å². The molecule has 0 radical (unpaired) electrons. The molecule has 3 heteroatoms. The second-order valence-corrected chi connectivity index (χ2v) is 9.49. The Hall–Kier alpha value is -3.85. The molecule has 0 fully saturated rings. The summed E-state index contributed by atoms with van der Waals surface area (Å²) in [4.78, 5) is 7.60. The lowest BCUT2D eigenvalue weighted by Crippen LogP contribution is -2.32. The van der Waals surface area contributed by atoms with Crippen molar-refractivity contribution < 1.29 is 0 Å². The number of benzene rings is 2. The Labute approximate surface area is 200 Å². The number of nitrogens with zero attached hydrogens (tertiary/aromatic N) is 3. The molecule has 4 aromatic rings. The standard InChI is InChI=1S/C31H27N3/c1-2-10-22(11-3-1)30-31(33-21-9-8-16-29(33)32-30)23-17-19-24(20-18-23)34-27-14-6-4-12-25(27)26-13-5-7-15-28(26)34/h1-4,6,8-12,14,16-21,25,27H,5,7,13,15H2. The summed E-state index contributed by atoms with van der Waals surface area (Å²) in [6, 6.07) is 26.3. The number of aromatic nitrogens is 2. The molecule has 0 amide bonds. The van der Waals surface area contributed by atoms with Crippen LogP contribution in [0, 0.1) is 5.92 Å². The Morgan fingerprint density at radius 3 is 2.41 bits per heavy atom. The molecule has 0 saturated heterocycles. The molecule has 2 aromatic heterocycles. The highest BCUT2D eigenvalue weighted by atomic mass is 15.2. The van der Waals surface area contributed by atoms with Crippen LogP contribution in [0.4, 0.5) is 5.69 Å². The van der Waals surface area contributed by atoms with E-state index in [4.69, 9.17) is 4.98 Å². The van der Waals surface area contributed by atoms with Crippen LogP contribution in [-0.4, -0.2) is 15.4 Å². The predicted octanol–water partition coefficient (Wildman–Crippen LogP) is 7.43. The van der Waals surface area contributed by atoms with Gasteiger partial charge >= 0.3 is 0 Å². The largest absolute Gasteiger partial charge is 0.337 e. The lowest BCUT2D eigenvalue weighted by molar-refractivity contribution is 0.633. The van der Waals surface area contributed by atoms with Gasteiger partial charge in [0.2, 0.25) is 0 Å². The fourth-order valence-corrected chi connectivity index (χ4v) is 6.07. The van der Waals surface area contributed by atoms with Crippen molar-refractivity contribution in [1.29, 1.82) is 0 Å². The van der Waals surface area contributed by atoms with Gasteiger partial charge in [0.15, 0.2) is 0 Å². The molecule has 2 aliphatic carbocycles. The number of hydrogen-bond acceptors (Lipinski definition) is 2. The number of fused-ring (bicyclic) bond motifs is 3. The molecular weight excluding hydrogens is 414 g/mol. The summed E-state index contributed by atoms with van der Waals surface area (Å²) in [6.07, 6.45) is 16.4. The van der Waals surface area contributed by atoms with Crippen LogP contribution in [0.1, 0.15) is 25.7 Å². The summed E-state index contributed by atoms with van der Waals surface area (Å²) in [5, 5.41) is 0. The van der Waals surface area contributed by atoms with E-state index in [0.29, 0.717) is 12.0 Å². The molecule has 0 bridgehead atoms. The second-order valence-electron chi connectivity index (χ2n) is 9.49. The number of hydrogen-bond donors (Lipinski definition) is 0. The van der Waals surface area contributed by atoms with E-state index in [0.717, 1.165) is 22.6 Å². The first-order valence-corrected chi connectivity index (χ1v) is 12.4. The molecule has 1 aliphatic heterocycles. The van der Waals surface area contributed by atoms with Crippen LogP contribution in [0.3, 0.4) is 0 Å². The highest BCUT2D eigenvalue weighted by Crippen LogP contribution is 2.47. The fourth-order valence-electron chi connectivity index (χ4n) is 6.07. The molecule has 2 aromatic carbocycles. The van der Waals surface area contributed by atoms with E-state index in [1.165, 1.54) is 36.9 Å². The van der Waals surface area contributed by atoms with E-state index in [1.54, 1.807) is 11.3 Å². The van der Waals surface area contributed by atoms with E-state index in [1.807, 2.05) is 0 Å². The Morgan fingerprint density at radius 1 is 0.735 bits per heavy atom. The zero-order valence-corrected chi connectivity index (χ0v) is 19.1. The van der Waals surface area contributed by atoms with Crippen molar-refractivity contribution in [3.05, 3.63) is 115 Å². The van der Waals surface area contributed by atoms with E-state index in [-0.39, 0.29) is 0 Å². The predicted molar refractivity (Wildman–Crippen MR) is 140 cm³/mol. The smallest absolute Gasteiger partial charge is 0.137 e. The SMILES string of the molecule is C1=CC2C3=C(CCCC3)N(c3ccc(-c4c(-c5ccccc5)nc5ccccn45)cc3)C2C=C1. The van der Waals surface area contributed by atoms with Gasteiger partial charge in [-0.1, -0.05) is 72.8 Å². The van der Waals surface area contributed by atoms with Crippen molar-refractivity contribution in [2.24, 2.45) is 5.92 Å². The fraction of sp³-hybridized carbons (Fsp3) is 0.194. The Balaban J connectivity index is 1.33. The maximum atomic E-state index is 5.00. The summed E-state index contributed by atoms with van der Waals surface area (Å²) < 4.78 is 2.21. The van der Waals surface area contributed by atoms with Crippen LogP contribution in [0.2, 0.25) is 0 Å². The lowest BCUT2D eigenvalue weighted by Gasteiger charge is -2.31. The number of anilines is 1. The molecule has 0 saturated carbocycles. The summed E-state index contributed by atoms with van der Waals surface area (Å²) in [7, 11) is 0. The maximum absolute atomic E-state index is 5.00. The van der Waals surface area contributed by atoms with Gasteiger partial charge in [-0.15, -0.1) is 0 Å². The molecule has 3 nitrogen and oxygen atoms in total. The Morgan fingerprint density at radius 2 is 1.53 bits per heavy atom. The third-order valence-corrected chi connectivity index (χ3v) is 7.57. The summed E-state index contributed by atoms with van der Waals surface area (Å²) >= 11 is 0. The average Bonchev–Trinajstić information content (AvgIpc) is 3.46. The molecule has 166 valence electrons. The Kier molecular flexibility index (Phi) is 4.54. The summed E-state index contributed by atoms with van der Waals surface area (Å²) in [6.45, 7) is 0. The van der Waals surface area contributed by atoms with Gasteiger partial charge in [0.25, 0.3) is 0 Å². The third kappa shape index (κ3) is 3.00. The molecule has 0 spiro atoms. The van der Waals surface area contributed by atoms with E-state index in [2.05, 4.69) is 113 Å².